The number of hydrogen-bond acceptors (Lipinski definition) is 2. The van der Waals surface area contributed by atoms with Gasteiger partial charge in [-0.1, -0.05) is 60.3 Å². The molecular weight excluding hydrogens is 300 g/mol. The van der Waals surface area contributed by atoms with E-state index in [-0.39, 0.29) is 0 Å². The van der Waals surface area contributed by atoms with Crippen molar-refractivity contribution >= 4 is 11.8 Å². The Bertz CT molecular complexity index is 879. The molecule has 1 aliphatic heterocycles. The highest BCUT2D eigenvalue weighted by Crippen LogP contribution is 2.50. The van der Waals surface area contributed by atoms with Gasteiger partial charge in [0, 0.05) is 5.56 Å². The number of rotatable bonds is 2. The fourth-order valence-electron chi connectivity index (χ4n) is 3.13. The zero-order chi connectivity index (χ0) is 15.2. The fourth-order valence-corrected chi connectivity index (χ4v) is 4.11. The van der Waals surface area contributed by atoms with E-state index in [1.807, 2.05) is 12.1 Å². The number of hydrogen-bond donors (Lipinski definition) is 0. The smallest absolute Gasteiger partial charge is 0.149 e. The van der Waals surface area contributed by atoms with Gasteiger partial charge in [0.15, 0.2) is 0 Å². The van der Waals surface area contributed by atoms with Gasteiger partial charge in [0.25, 0.3) is 0 Å². The average Bonchev–Trinajstić information content (AvgIpc) is 3.45. The van der Waals surface area contributed by atoms with Gasteiger partial charge in [-0.15, -0.1) is 0 Å². The molecule has 3 aromatic carbocycles. The molecule has 0 aromatic heterocycles. The summed E-state index contributed by atoms with van der Waals surface area (Å²) in [5.41, 5.74) is 3.87. The van der Waals surface area contributed by atoms with Gasteiger partial charge in [-0.2, -0.15) is 0 Å². The molecule has 112 valence electrons. The number of benzene rings is 3. The van der Waals surface area contributed by atoms with Gasteiger partial charge in [-0.3, -0.25) is 0 Å². The molecule has 3 aromatic rings. The molecule has 0 spiro atoms. The molecule has 1 saturated carbocycles. The zero-order valence-corrected chi connectivity index (χ0v) is 13.5. The maximum Gasteiger partial charge on any atom is 0.149 e. The summed E-state index contributed by atoms with van der Waals surface area (Å²) in [6.07, 6.45) is 2.69. The van der Waals surface area contributed by atoms with Gasteiger partial charge < -0.3 is 4.74 Å². The molecule has 1 nitrogen and oxygen atoms in total. The quantitative estimate of drug-likeness (QED) is 0.418. The van der Waals surface area contributed by atoms with Crippen LogP contribution in [0.1, 0.15) is 24.3 Å². The van der Waals surface area contributed by atoms with Crippen LogP contribution in [-0.2, 0) is 0 Å². The van der Waals surface area contributed by atoms with Crippen LogP contribution in [0.4, 0.5) is 0 Å². The van der Waals surface area contributed by atoms with Crippen molar-refractivity contribution in [2.24, 2.45) is 0 Å². The second kappa shape index (κ2) is 5.17. The first-order chi connectivity index (χ1) is 11.4. The summed E-state index contributed by atoms with van der Waals surface area (Å²) in [7, 11) is 0. The van der Waals surface area contributed by atoms with Crippen molar-refractivity contribution in [2.75, 3.05) is 0 Å². The van der Waals surface area contributed by atoms with Gasteiger partial charge in [-0.05, 0) is 48.1 Å². The summed E-state index contributed by atoms with van der Waals surface area (Å²) in [5, 5.41) is 0. The molecule has 23 heavy (non-hydrogen) atoms. The molecule has 0 atom stereocenters. The van der Waals surface area contributed by atoms with Gasteiger partial charge >= 0.3 is 0 Å². The molecule has 2 aliphatic rings. The third-order valence-corrected chi connectivity index (χ3v) is 5.63. The van der Waals surface area contributed by atoms with Crippen LogP contribution in [-0.4, -0.2) is 0 Å². The predicted octanol–water partition coefficient (Wildman–Crippen LogP) is 6.49. The molecule has 0 bridgehead atoms. The van der Waals surface area contributed by atoms with Crippen molar-refractivity contribution in [3.63, 3.8) is 0 Å². The van der Waals surface area contributed by atoms with E-state index in [2.05, 4.69) is 54.6 Å². The predicted molar refractivity (Wildman–Crippen MR) is 94.5 cm³/mol. The lowest BCUT2D eigenvalue weighted by atomic mass is 10.0. The molecule has 2 heteroatoms. The highest BCUT2D eigenvalue weighted by Gasteiger charge is 2.24. The molecule has 0 unspecified atom stereocenters. The minimum atomic E-state index is 0.799. The molecule has 5 rings (SSSR count). The normalized spacial score (nSPS) is 15.5. The standard InChI is InChI=1S/C21H16OS/c1-2-6-19-18(5-1)22-21-17(4-3-7-20(21)23-19)16-12-10-15(11-13-16)14-8-9-14/h1-7,10-14H,8-9H2. The second-order valence-electron chi connectivity index (χ2n) is 6.18. The topological polar surface area (TPSA) is 9.23 Å². The Hall–Kier alpha value is -2.19. The van der Waals surface area contributed by atoms with Gasteiger partial charge in [0.05, 0.1) is 9.79 Å². The lowest BCUT2D eigenvalue weighted by molar-refractivity contribution is 0.456. The largest absolute Gasteiger partial charge is 0.454 e. The molecule has 1 aliphatic carbocycles. The number of fused-ring (bicyclic) bond motifs is 2. The Balaban J connectivity index is 1.57. The van der Waals surface area contributed by atoms with Gasteiger partial charge in [0.2, 0.25) is 0 Å². The van der Waals surface area contributed by atoms with Crippen LogP contribution < -0.4 is 4.74 Å². The molecule has 0 N–H and O–H groups in total. The molecule has 0 saturated heterocycles. The second-order valence-corrected chi connectivity index (χ2v) is 7.26. The maximum atomic E-state index is 6.23. The summed E-state index contributed by atoms with van der Waals surface area (Å²) in [4.78, 5) is 2.37. The van der Waals surface area contributed by atoms with E-state index in [1.54, 1.807) is 11.8 Å². The first kappa shape index (κ1) is 13.3. The first-order valence-corrected chi connectivity index (χ1v) is 8.88. The molecule has 0 amide bonds. The fraction of sp³-hybridized carbons (Fsp3) is 0.143. The van der Waals surface area contributed by atoms with Crippen molar-refractivity contribution in [3.05, 3.63) is 72.3 Å². The van der Waals surface area contributed by atoms with Crippen LogP contribution in [0.25, 0.3) is 11.1 Å². The average molecular weight is 316 g/mol. The third-order valence-electron chi connectivity index (χ3n) is 4.53. The number of ether oxygens (including phenoxy) is 1. The third kappa shape index (κ3) is 2.34. The Labute approximate surface area is 140 Å². The monoisotopic (exact) mass is 316 g/mol. The summed E-state index contributed by atoms with van der Waals surface area (Å²) in [6, 6.07) is 23.7. The van der Waals surface area contributed by atoms with Crippen molar-refractivity contribution in [1.82, 2.24) is 0 Å². The van der Waals surface area contributed by atoms with E-state index in [0.29, 0.717) is 0 Å². The van der Waals surface area contributed by atoms with Crippen molar-refractivity contribution in [1.29, 1.82) is 0 Å². The Kier molecular flexibility index (Phi) is 2.98. The van der Waals surface area contributed by atoms with Crippen molar-refractivity contribution in [2.45, 2.75) is 28.6 Å². The van der Waals surface area contributed by atoms with Crippen LogP contribution in [0.3, 0.4) is 0 Å². The van der Waals surface area contributed by atoms with Crippen LogP contribution in [0.2, 0.25) is 0 Å². The lowest BCUT2D eigenvalue weighted by Crippen LogP contribution is -1.97. The van der Waals surface area contributed by atoms with Crippen LogP contribution in [0.15, 0.2) is 76.5 Å². The van der Waals surface area contributed by atoms with Crippen LogP contribution in [0.5, 0.6) is 11.5 Å². The minimum absolute atomic E-state index is 0.799. The highest BCUT2D eigenvalue weighted by molar-refractivity contribution is 7.99. The van der Waals surface area contributed by atoms with E-state index in [4.69, 9.17) is 4.74 Å². The molecule has 1 fully saturated rings. The van der Waals surface area contributed by atoms with Crippen molar-refractivity contribution in [3.8, 4) is 22.6 Å². The van der Waals surface area contributed by atoms with E-state index in [0.717, 1.165) is 17.4 Å². The zero-order valence-electron chi connectivity index (χ0n) is 12.7. The van der Waals surface area contributed by atoms with E-state index < -0.39 is 0 Å². The summed E-state index contributed by atoms with van der Waals surface area (Å²) in [5.74, 6) is 2.73. The lowest BCUT2D eigenvalue weighted by Gasteiger charge is -2.22. The number of para-hydroxylation sites is 2. The SMILES string of the molecule is c1ccc2c(c1)Oc1c(cccc1-c1ccc(C3CC3)cc1)S2. The Morgan fingerprint density at radius 1 is 0.783 bits per heavy atom. The van der Waals surface area contributed by atoms with E-state index >= 15 is 0 Å². The van der Waals surface area contributed by atoms with E-state index in [9.17, 15) is 0 Å². The Morgan fingerprint density at radius 2 is 1.57 bits per heavy atom. The summed E-state index contributed by atoms with van der Waals surface area (Å²) >= 11 is 1.78. The molecular formula is C21H16OS. The highest BCUT2D eigenvalue weighted by atomic mass is 32.2. The summed E-state index contributed by atoms with van der Waals surface area (Å²) in [6.45, 7) is 0. The van der Waals surface area contributed by atoms with Gasteiger partial charge in [0.1, 0.15) is 11.5 Å². The molecule has 1 heterocycles. The van der Waals surface area contributed by atoms with Crippen LogP contribution >= 0.6 is 11.8 Å². The first-order valence-electron chi connectivity index (χ1n) is 8.06. The van der Waals surface area contributed by atoms with Crippen molar-refractivity contribution < 1.29 is 4.74 Å². The maximum absolute atomic E-state index is 6.23. The minimum Gasteiger partial charge on any atom is -0.454 e. The Morgan fingerprint density at radius 3 is 2.39 bits per heavy atom. The van der Waals surface area contributed by atoms with Gasteiger partial charge in [-0.25, -0.2) is 0 Å². The van der Waals surface area contributed by atoms with E-state index in [1.165, 1.54) is 39.3 Å². The summed E-state index contributed by atoms with van der Waals surface area (Å²) < 4.78 is 6.23. The molecule has 0 radical (unpaired) electrons. The van der Waals surface area contributed by atoms with Crippen LogP contribution in [0, 0.1) is 0 Å².